The summed E-state index contributed by atoms with van der Waals surface area (Å²) in [5.41, 5.74) is 0. The smallest absolute Gasteiger partial charge is 0.264 e. The lowest BCUT2D eigenvalue weighted by molar-refractivity contribution is -0.209. The van der Waals surface area contributed by atoms with Gasteiger partial charge in [-0.1, -0.05) is 4.33 Å². The minimum atomic E-state index is -4.67. The molecule has 0 fully saturated rings. The second-order valence-electron chi connectivity index (χ2n) is 1.92. The van der Waals surface area contributed by atoms with Crippen LogP contribution in [-0.2, 0) is 34.2 Å². The summed E-state index contributed by atoms with van der Waals surface area (Å²) in [4.78, 5) is 3.92. The second kappa shape index (κ2) is 5.55. The summed E-state index contributed by atoms with van der Waals surface area (Å²) in [6, 6.07) is 0. The number of rotatable bonds is 7. The van der Waals surface area contributed by atoms with E-state index in [-0.39, 0.29) is 13.0 Å². The Morgan fingerprint density at radius 2 is 1.50 bits per heavy atom. The molecule has 86 valence electrons. The quantitative estimate of drug-likeness (QED) is 0.251. The highest BCUT2D eigenvalue weighted by Crippen LogP contribution is 1.93. The highest BCUT2D eigenvalue weighted by atomic mass is 32.3. The van der Waals surface area contributed by atoms with Crippen LogP contribution in [0.3, 0.4) is 0 Å². The molecule has 0 amide bonds. The first kappa shape index (κ1) is 13.7. The Bertz CT molecular complexity index is 302. The molecule has 0 aliphatic rings. The molecule has 9 nitrogen and oxygen atoms in total. The Balaban J connectivity index is 3.41. The van der Waals surface area contributed by atoms with E-state index in [0.717, 1.165) is 0 Å². The number of hydrogen-bond acceptors (Lipinski definition) is 7. The van der Waals surface area contributed by atoms with Crippen LogP contribution >= 0.6 is 0 Å². The fraction of sp³-hybridized carbons (Fsp3) is 1.00. The predicted molar refractivity (Wildman–Crippen MR) is 40.7 cm³/mol. The zero-order valence-corrected chi connectivity index (χ0v) is 8.32. The molecule has 2 N–H and O–H groups in total. The molecular formula is C3H8O9S2. The summed E-state index contributed by atoms with van der Waals surface area (Å²) in [6.45, 7) is -0.747. The first-order valence-electron chi connectivity index (χ1n) is 3.11. The minimum Gasteiger partial charge on any atom is -0.264 e. The van der Waals surface area contributed by atoms with Crippen molar-refractivity contribution in [3.63, 3.8) is 0 Å². The normalized spacial score (nSPS) is 13.0. The molecule has 0 aromatic carbocycles. The van der Waals surface area contributed by atoms with Crippen LogP contribution in [0.2, 0.25) is 0 Å². The zero-order valence-electron chi connectivity index (χ0n) is 6.69. The van der Waals surface area contributed by atoms with Crippen molar-refractivity contribution >= 4 is 20.8 Å². The molecule has 0 atom stereocenters. The molecule has 0 aliphatic heterocycles. The van der Waals surface area contributed by atoms with Crippen LogP contribution in [0, 0.1) is 0 Å². The van der Waals surface area contributed by atoms with Crippen molar-refractivity contribution in [1.29, 1.82) is 0 Å². The molecular weight excluding hydrogens is 244 g/mol. The van der Waals surface area contributed by atoms with E-state index in [1.165, 1.54) is 0 Å². The lowest BCUT2D eigenvalue weighted by Gasteiger charge is -2.00. The fourth-order valence-electron chi connectivity index (χ4n) is 0.377. The van der Waals surface area contributed by atoms with E-state index in [2.05, 4.69) is 13.4 Å². The van der Waals surface area contributed by atoms with Gasteiger partial charge in [0.25, 0.3) is 0 Å². The first-order chi connectivity index (χ1) is 6.21. The molecule has 0 radical (unpaired) electrons. The van der Waals surface area contributed by atoms with Gasteiger partial charge >= 0.3 is 20.8 Å². The van der Waals surface area contributed by atoms with Gasteiger partial charge in [-0.05, 0) is 6.42 Å². The van der Waals surface area contributed by atoms with Gasteiger partial charge in [0.2, 0.25) is 0 Å². The molecule has 14 heavy (non-hydrogen) atoms. The van der Waals surface area contributed by atoms with E-state index >= 15 is 0 Å². The van der Waals surface area contributed by atoms with Gasteiger partial charge in [-0.3, -0.25) is 9.11 Å². The van der Waals surface area contributed by atoms with Gasteiger partial charge < -0.3 is 0 Å². The molecule has 0 saturated carbocycles. The maximum atomic E-state index is 9.95. The van der Waals surface area contributed by atoms with Crippen molar-refractivity contribution in [1.82, 2.24) is 0 Å². The highest BCUT2D eigenvalue weighted by molar-refractivity contribution is 7.81. The summed E-state index contributed by atoms with van der Waals surface area (Å²) in [7, 11) is -9.17. The van der Waals surface area contributed by atoms with E-state index in [0.29, 0.717) is 0 Å². The van der Waals surface area contributed by atoms with Gasteiger partial charge in [0.05, 0.1) is 13.2 Å². The topological polar surface area (TPSA) is 136 Å². The molecule has 11 heteroatoms. The molecule has 0 aromatic heterocycles. The molecule has 0 saturated heterocycles. The van der Waals surface area contributed by atoms with E-state index in [4.69, 9.17) is 9.11 Å². The third-order valence-electron chi connectivity index (χ3n) is 0.738. The average Bonchev–Trinajstić information content (AvgIpc) is 1.92. The van der Waals surface area contributed by atoms with Gasteiger partial charge in [-0.25, -0.2) is 9.07 Å². The molecule has 0 aromatic rings. The van der Waals surface area contributed by atoms with E-state index in [1.54, 1.807) is 0 Å². The maximum Gasteiger partial charge on any atom is 0.424 e. The summed E-state index contributed by atoms with van der Waals surface area (Å²) in [6.07, 6.45) is -0.0602. The van der Waals surface area contributed by atoms with Crippen LogP contribution in [0.5, 0.6) is 0 Å². The Labute approximate surface area is 80.4 Å². The van der Waals surface area contributed by atoms with Crippen LogP contribution in [0.25, 0.3) is 0 Å². The predicted octanol–water partition coefficient (Wildman–Crippen LogP) is -1.05. The monoisotopic (exact) mass is 252 g/mol. The van der Waals surface area contributed by atoms with Crippen molar-refractivity contribution < 1.29 is 39.3 Å². The minimum absolute atomic E-state index is 0.0602. The molecule has 0 bridgehead atoms. The largest absolute Gasteiger partial charge is 0.424 e. The van der Waals surface area contributed by atoms with Crippen LogP contribution in [0.4, 0.5) is 0 Å². The second-order valence-corrected chi connectivity index (χ2v) is 4.00. The third-order valence-corrected chi connectivity index (χ3v) is 1.47. The van der Waals surface area contributed by atoms with Crippen LogP contribution < -0.4 is 0 Å². The molecule has 0 aliphatic carbocycles. The summed E-state index contributed by atoms with van der Waals surface area (Å²) in [5, 5.41) is 0. The Morgan fingerprint density at radius 3 is 1.93 bits per heavy atom. The van der Waals surface area contributed by atoms with Crippen molar-refractivity contribution in [3.05, 3.63) is 0 Å². The van der Waals surface area contributed by atoms with Crippen molar-refractivity contribution in [2.45, 2.75) is 6.42 Å². The van der Waals surface area contributed by atoms with Crippen molar-refractivity contribution in [2.75, 3.05) is 13.2 Å². The lowest BCUT2D eigenvalue weighted by atomic mass is 10.5. The zero-order chi connectivity index (χ0) is 11.2. The SMILES string of the molecule is O=S(=O)(O)OCCCOOS(=O)(=O)O. The van der Waals surface area contributed by atoms with E-state index in [1.807, 2.05) is 0 Å². The Morgan fingerprint density at radius 1 is 0.929 bits per heavy atom. The summed E-state index contributed by atoms with van der Waals surface area (Å²) in [5.74, 6) is 0. The molecule has 0 rings (SSSR count). The molecule has 0 unspecified atom stereocenters. The average molecular weight is 252 g/mol. The number of hydrogen-bond donors (Lipinski definition) is 2. The first-order valence-corrected chi connectivity index (χ1v) is 5.84. The molecule has 0 spiro atoms. The van der Waals surface area contributed by atoms with Gasteiger partial charge in [0.1, 0.15) is 0 Å². The van der Waals surface area contributed by atoms with Crippen molar-refractivity contribution in [2.24, 2.45) is 0 Å². The summed E-state index contributed by atoms with van der Waals surface area (Å²) >= 11 is 0. The summed E-state index contributed by atoms with van der Waals surface area (Å²) < 4.78 is 62.9. The van der Waals surface area contributed by atoms with Crippen LogP contribution in [0.1, 0.15) is 6.42 Å². The Kier molecular flexibility index (Phi) is 5.43. The molecule has 0 heterocycles. The van der Waals surface area contributed by atoms with Gasteiger partial charge in [0, 0.05) is 0 Å². The van der Waals surface area contributed by atoms with Crippen LogP contribution in [-0.4, -0.2) is 39.2 Å². The Hall–Kier alpha value is -0.300. The van der Waals surface area contributed by atoms with Gasteiger partial charge in [0.15, 0.2) is 0 Å². The van der Waals surface area contributed by atoms with Gasteiger partial charge in [-0.2, -0.15) is 16.8 Å². The van der Waals surface area contributed by atoms with Crippen LogP contribution in [0.15, 0.2) is 0 Å². The third kappa shape index (κ3) is 11.7. The highest BCUT2D eigenvalue weighted by Gasteiger charge is 2.06. The maximum absolute atomic E-state index is 9.95. The van der Waals surface area contributed by atoms with Gasteiger partial charge in [-0.15, -0.1) is 0 Å². The van der Waals surface area contributed by atoms with Crippen molar-refractivity contribution in [3.8, 4) is 0 Å². The van der Waals surface area contributed by atoms with E-state index in [9.17, 15) is 16.8 Å². The van der Waals surface area contributed by atoms with E-state index < -0.39 is 27.4 Å². The fourth-order valence-corrected chi connectivity index (χ4v) is 0.895. The standard InChI is InChI=1S/C3H8O9S2/c4-13(5,6)11-3-1-2-10-12-14(7,8)9/h1-3H2,(H,4,5,6)(H,7,8,9). The lowest BCUT2D eigenvalue weighted by Crippen LogP contribution is -2.09.